The summed E-state index contributed by atoms with van der Waals surface area (Å²) in [7, 11) is 1.55. The van der Waals surface area contributed by atoms with Crippen molar-refractivity contribution in [1.29, 1.82) is 0 Å². The third kappa shape index (κ3) is 6.76. The second kappa shape index (κ2) is 9.77. The number of anilines is 1. The summed E-state index contributed by atoms with van der Waals surface area (Å²) in [5, 5.41) is 5.74. The third-order valence-corrected chi connectivity index (χ3v) is 2.71. The predicted octanol–water partition coefficient (Wildman–Crippen LogP) is 1.57. The SMILES string of the molecule is CCOC(=O)CCCNCC(=O)Nc1ccccc1OC. The first-order valence-corrected chi connectivity index (χ1v) is 6.96. The Bertz CT molecular complexity index is 463. The van der Waals surface area contributed by atoms with Crippen LogP contribution in [0, 0.1) is 0 Å². The molecule has 0 aliphatic heterocycles. The first kappa shape index (κ1) is 17.0. The van der Waals surface area contributed by atoms with Crippen LogP contribution in [0.15, 0.2) is 24.3 Å². The molecule has 0 aliphatic carbocycles. The van der Waals surface area contributed by atoms with E-state index in [0.717, 1.165) is 0 Å². The molecule has 1 aromatic rings. The summed E-state index contributed by atoms with van der Waals surface area (Å²) in [4.78, 5) is 22.9. The van der Waals surface area contributed by atoms with Crippen molar-refractivity contribution in [2.75, 3.05) is 32.1 Å². The Morgan fingerprint density at radius 1 is 1.24 bits per heavy atom. The first-order chi connectivity index (χ1) is 10.2. The first-order valence-electron chi connectivity index (χ1n) is 6.96. The lowest BCUT2D eigenvalue weighted by Crippen LogP contribution is -2.29. The number of carbonyl (C=O) groups excluding carboxylic acids is 2. The van der Waals surface area contributed by atoms with E-state index in [0.29, 0.717) is 37.4 Å². The quantitative estimate of drug-likeness (QED) is 0.534. The highest BCUT2D eigenvalue weighted by molar-refractivity contribution is 5.93. The topological polar surface area (TPSA) is 76.7 Å². The van der Waals surface area contributed by atoms with E-state index in [-0.39, 0.29) is 18.4 Å². The van der Waals surface area contributed by atoms with E-state index in [1.807, 2.05) is 12.1 Å². The summed E-state index contributed by atoms with van der Waals surface area (Å²) in [5.74, 6) is 0.251. The zero-order valence-corrected chi connectivity index (χ0v) is 12.5. The van der Waals surface area contributed by atoms with Crippen molar-refractivity contribution >= 4 is 17.6 Å². The smallest absolute Gasteiger partial charge is 0.305 e. The van der Waals surface area contributed by atoms with Crippen LogP contribution in [-0.4, -0.2) is 38.7 Å². The van der Waals surface area contributed by atoms with Gasteiger partial charge in [0.05, 0.1) is 25.9 Å². The van der Waals surface area contributed by atoms with Crippen molar-refractivity contribution in [3.05, 3.63) is 24.3 Å². The molecular formula is C15H22N2O4. The molecule has 116 valence electrons. The van der Waals surface area contributed by atoms with E-state index >= 15 is 0 Å². The average molecular weight is 294 g/mol. The van der Waals surface area contributed by atoms with Gasteiger partial charge in [0.25, 0.3) is 0 Å². The lowest BCUT2D eigenvalue weighted by Gasteiger charge is -2.10. The Morgan fingerprint density at radius 2 is 2.00 bits per heavy atom. The maximum absolute atomic E-state index is 11.8. The number of amides is 1. The zero-order chi connectivity index (χ0) is 15.5. The van der Waals surface area contributed by atoms with Crippen LogP contribution in [0.3, 0.4) is 0 Å². The Kier molecular flexibility index (Phi) is 7.89. The Morgan fingerprint density at radius 3 is 2.71 bits per heavy atom. The molecule has 0 unspecified atom stereocenters. The molecule has 0 bridgehead atoms. The van der Waals surface area contributed by atoms with Crippen LogP contribution < -0.4 is 15.4 Å². The summed E-state index contributed by atoms with van der Waals surface area (Å²) in [6.07, 6.45) is 0.996. The summed E-state index contributed by atoms with van der Waals surface area (Å²) in [5.41, 5.74) is 0.637. The van der Waals surface area contributed by atoms with Gasteiger partial charge in [0.1, 0.15) is 5.75 Å². The molecule has 0 aromatic heterocycles. The highest BCUT2D eigenvalue weighted by Crippen LogP contribution is 2.22. The molecule has 1 aromatic carbocycles. The zero-order valence-electron chi connectivity index (χ0n) is 12.5. The van der Waals surface area contributed by atoms with Crippen LogP contribution in [0.1, 0.15) is 19.8 Å². The van der Waals surface area contributed by atoms with Crippen LogP contribution in [0.2, 0.25) is 0 Å². The number of benzene rings is 1. The largest absolute Gasteiger partial charge is 0.495 e. The third-order valence-electron chi connectivity index (χ3n) is 2.71. The molecule has 1 rings (SSSR count). The minimum atomic E-state index is -0.210. The fourth-order valence-corrected chi connectivity index (χ4v) is 1.74. The highest BCUT2D eigenvalue weighted by Gasteiger charge is 2.06. The molecule has 6 nitrogen and oxygen atoms in total. The maximum atomic E-state index is 11.8. The molecule has 0 heterocycles. The van der Waals surface area contributed by atoms with Gasteiger partial charge in [-0.2, -0.15) is 0 Å². The van der Waals surface area contributed by atoms with E-state index in [4.69, 9.17) is 9.47 Å². The number of para-hydroxylation sites is 2. The lowest BCUT2D eigenvalue weighted by atomic mass is 10.3. The molecule has 0 aliphatic rings. The number of hydrogen-bond donors (Lipinski definition) is 2. The van der Waals surface area contributed by atoms with Gasteiger partial charge in [0.2, 0.25) is 5.91 Å². The van der Waals surface area contributed by atoms with Crippen LogP contribution >= 0.6 is 0 Å². The highest BCUT2D eigenvalue weighted by atomic mass is 16.5. The van der Waals surface area contributed by atoms with E-state index in [9.17, 15) is 9.59 Å². The van der Waals surface area contributed by atoms with Crippen LogP contribution in [0.25, 0.3) is 0 Å². The standard InChI is InChI=1S/C15H22N2O4/c1-3-21-15(19)9-6-10-16-11-14(18)17-12-7-4-5-8-13(12)20-2/h4-5,7-8,16H,3,6,9-11H2,1-2H3,(H,17,18). The normalized spacial score (nSPS) is 10.0. The van der Waals surface area contributed by atoms with Gasteiger partial charge in [-0.05, 0) is 32.0 Å². The van der Waals surface area contributed by atoms with E-state index in [1.165, 1.54) is 0 Å². The second-order valence-electron chi connectivity index (χ2n) is 4.33. The molecule has 2 N–H and O–H groups in total. The fourth-order valence-electron chi connectivity index (χ4n) is 1.74. The molecule has 6 heteroatoms. The molecule has 0 saturated heterocycles. The number of carbonyl (C=O) groups is 2. The van der Waals surface area contributed by atoms with E-state index in [1.54, 1.807) is 26.2 Å². The van der Waals surface area contributed by atoms with Crippen molar-refractivity contribution in [2.24, 2.45) is 0 Å². The molecule has 21 heavy (non-hydrogen) atoms. The number of nitrogens with one attached hydrogen (secondary N) is 2. The summed E-state index contributed by atoms with van der Waals surface area (Å²) < 4.78 is 9.97. The number of ether oxygens (including phenoxy) is 2. The Hall–Kier alpha value is -2.08. The van der Waals surface area contributed by atoms with Crippen LogP contribution in [0.5, 0.6) is 5.75 Å². The van der Waals surface area contributed by atoms with Crippen molar-refractivity contribution in [2.45, 2.75) is 19.8 Å². The van der Waals surface area contributed by atoms with Gasteiger partial charge in [-0.15, -0.1) is 0 Å². The van der Waals surface area contributed by atoms with Gasteiger partial charge < -0.3 is 20.1 Å². The molecule has 0 atom stereocenters. The minimum absolute atomic E-state index is 0.157. The number of hydrogen-bond acceptors (Lipinski definition) is 5. The van der Waals surface area contributed by atoms with E-state index < -0.39 is 0 Å². The van der Waals surface area contributed by atoms with Gasteiger partial charge in [0.15, 0.2) is 0 Å². The monoisotopic (exact) mass is 294 g/mol. The summed E-state index contributed by atoms with van der Waals surface area (Å²) in [6, 6.07) is 7.22. The predicted molar refractivity (Wildman–Crippen MR) is 80.4 cm³/mol. The number of rotatable bonds is 9. The Labute approximate surface area is 124 Å². The number of esters is 1. The lowest BCUT2D eigenvalue weighted by molar-refractivity contribution is -0.143. The van der Waals surface area contributed by atoms with Crippen molar-refractivity contribution < 1.29 is 19.1 Å². The minimum Gasteiger partial charge on any atom is -0.495 e. The van der Waals surface area contributed by atoms with Gasteiger partial charge in [0, 0.05) is 6.42 Å². The summed E-state index contributed by atoms with van der Waals surface area (Å²) >= 11 is 0. The average Bonchev–Trinajstić information content (AvgIpc) is 2.47. The molecule has 0 spiro atoms. The van der Waals surface area contributed by atoms with Gasteiger partial charge in [-0.1, -0.05) is 12.1 Å². The van der Waals surface area contributed by atoms with Gasteiger partial charge in [-0.3, -0.25) is 9.59 Å². The molecule has 1 amide bonds. The molecule has 0 fully saturated rings. The molecule has 0 saturated carbocycles. The van der Waals surface area contributed by atoms with Crippen LogP contribution in [-0.2, 0) is 14.3 Å². The van der Waals surface area contributed by atoms with Crippen molar-refractivity contribution in [3.63, 3.8) is 0 Å². The molecule has 0 radical (unpaired) electrons. The van der Waals surface area contributed by atoms with Gasteiger partial charge in [-0.25, -0.2) is 0 Å². The second-order valence-corrected chi connectivity index (χ2v) is 4.33. The fraction of sp³-hybridized carbons (Fsp3) is 0.467. The summed E-state index contributed by atoms with van der Waals surface area (Å²) in [6.45, 7) is 2.94. The van der Waals surface area contributed by atoms with Gasteiger partial charge >= 0.3 is 5.97 Å². The van der Waals surface area contributed by atoms with Crippen molar-refractivity contribution in [1.82, 2.24) is 5.32 Å². The molecular weight excluding hydrogens is 272 g/mol. The van der Waals surface area contributed by atoms with E-state index in [2.05, 4.69) is 10.6 Å². The number of methoxy groups -OCH3 is 1. The Balaban J connectivity index is 2.21. The maximum Gasteiger partial charge on any atom is 0.305 e. The van der Waals surface area contributed by atoms with Crippen LogP contribution in [0.4, 0.5) is 5.69 Å². The van der Waals surface area contributed by atoms with Crippen molar-refractivity contribution in [3.8, 4) is 5.75 Å².